The van der Waals surface area contributed by atoms with E-state index in [2.05, 4.69) is 52.2 Å². The summed E-state index contributed by atoms with van der Waals surface area (Å²) in [6, 6.07) is 4.74. The SMILES string of the molecule is BCCc1ccc(CC2CN(CCC(=C)C)C2)c(C)c1C. The van der Waals surface area contributed by atoms with Gasteiger partial charge in [0, 0.05) is 19.6 Å². The molecule has 1 aliphatic rings. The Balaban J connectivity index is 1.87. The minimum absolute atomic E-state index is 0.852. The topological polar surface area (TPSA) is 3.24 Å². The van der Waals surface area contributed by atoms with Gasteiger partial charge in [0.2, 0.25) is 0 Å². The number of hydrogen-bond donors (Lipinski definition) is 0. The lowest BCUT2D eigenvalue weighted by molar-refractivity contribution is 0.102. The van der Waals surface area contributed by atoms with Crippen LogP contribution in [0.2, 0.25) is 6.32 Å². The summed E-state index contributed by atoms with van der Waals surface area (Å²) in [6.07, 6.45) is 4.85. The Labute approximate surface area is 131 Å². The van der Waals surface area contributed by atoms with Crippen LogP contribution in [0.1, 0.15) is 35.6 Å². The summed E-state index contributed by atoms with van der Waals surface area (Å²) >= 11 is 0. The monoisotopic (exact) mass is 283 g/mol. The predicted molar refractivity (Wildman–Crippen MR) is 96.0 cm³/mol. The highest BCUT2D eigenvalue weighted by Gasteiger charge is 2.26. The molecule has 0 aliphatic carbocycles. The standard InChI is InChI=1S/C19H30BN/c1-14(2)8-10-21-12-17(13-21)11-19-6-5-18(7-9-20)15(3)16(19)4/h5-6,17H,1,7-13,20H2,2-4H3. The highest BCUT2D eigenvalue weighted by Crippen LogP contribution is 2.25. The van der Waals surface area contributed by atoms with Gasteiger partial charge in [-0.3, -0.25) is 0 Å². The molecule has 0 saturated carbocycles. The number of rotatable bonds is 7. The van der Waals surface area contributed by atoms with Crippen LogP contribution in [0, 0.1) is 19.8 Å². The number of aryl methyl sites for hydroxylation is 1. The van der Waals surface area contributed by atoms with Crippen LogP contribution in [-0.2, 0) is 12.8 Å². The second-order valence-electron chi connectivity index (χ2n) is 6.92. The van der Waals surface area contributed by atoms with Crippen molar-refractivity contribution in [3.8, 4) is 0 Å². The summed E-state index contributed by atoms with van der Waals surface area (Å²) in [7, 11) is 2.26. The van der Waals surface area contributed by atoms with Gasteiger partial charge < -0.3 is 4.90 Å². The third kappa shape index (κ3) is 4.23. The van der Waals surface area contributed by atoms with E-state index in [1.807, 2.05) is 0 Å². The highest BCUT2D eigenvalue weighted by molar-refractivity contribution is 6.08. The van der Waals surface area contributed by atoms with E-state index in [0.29, 0.717) is 0 Å². The van der Waals surface area contributed by atoms with Crippen LogP contribution in [-0.4, -0.2) is 32.4 Å². The Kier molecular flexibility index (Phi) is 5.69. The summed E-state index contributed by atoms with van der Waals surface area (Å²) in [5.74, 6) is 0.852. The van der Waals surface area contributed by atoms with Crippen LogP contribution < -0.4 is 0 Å². The fraction of sp³-hybridized carbons (Fsp3) is 0.579. The van der Waals surface area contributed by atoms with Gasteiger partial charge >= 0.3 is 0 Å². The Hall–Kier alpha value is -1.02. The molecule has 2 rings (SSSR count). The average Bonchev–Trinajstić information content (AvgIpc) is 2.39. The number of hydrogen-bond acceptors (Lipinski definition) is 1. The smallest absolute Gasteiger partial charge is 0.101 e. The van der Waals surface area contributed by atoms with Crippen molar-refractivity contribution >= 4 is 7.85 Å². The van der Waals surface area contributed by atoms with Gasteiger partial charge in [-0.1, -0.05) is 24.0 Å². The molecule has 1 saturated heterocycles. The molecule has 2 heteroatoms. The average molecular weight is 283 g/mol. The van der Waals surface area contributed by atoms with Crippen LogP contribution in [0.15, 0.2) is 24.3 Å². The number of benzene rings is 1. The van der Waals surface area contributed by atoms with Gasteiger partial charge in [0.15, 0.2) is 0 Å². The summed E-state index contributed by atoms with van der Waals surface area (Å²) in [5, 5.41) is 0. The van der Waals surface area contributed by atoms with E-state index in [1.54, 1.807) is 5.56 Å². The van der Waals surface area contributed by atoms with Crippen LogP contribution in [0.5, 0.6) is 0 Å². The van der Waals surface area contributed by atoms with Gasteiger partial charge in [0.05, 0.1) is 0 Å². The Morgan fingerprint density at radius 1 is 1.24 bits per heavy atom. The van der Waals surface area contributed by atoms with Gasteiger partial charge in [0.1, 0.15) is 7.85 Å². The fourth-order valence-electron chi connectivity index (χ4n) is 3.34. The van der Waals surface area contributed by atoms with Gasteiger partial charge in [-0.05, 0) is 68.2 Å². The zero-order valence-corrected chi connectivity index (χ0v) is 14.3. The zero-order valence-electron chi connectivity index (χ0n) is 14.3. The van der Waals surface area contributed by atoms with E-state index < -0.39 is 0 Å². The quantitative estimate of drug-likeness (QED) is 0.548. The van der Waals surface area contributed by atoms with Crippen molar-refractivity contribution in [3.05, 3.63) is 46.5 Å². The van der Waals surface area contributed by atoms with E-state index >= 15 is 0 Å². The molecule has 21 heavy (non-hydrogen) atoms. The summed E-state index contributed by atoms with van der Waals surface area (Å²) in [5.41, 5.74) is 7.46. The fourth-order valence-corrected chi connectivity index (χ4v) is 3.34. The number of nitrogens with zero attached hydrogens (tertiary/aromatic N) is 1. The molecule has 0 N–H and O–H groups in total. The molecular formula is C19H30BN. The molecule has 0 atom stereocenters. The molecule has 0 aromatic heterocycles. The maximum absolute atomic E-state index is 3.99. The first kappa shape index (κ1) is 16.4. The minimum Gasteiger partial charge on any atom is -0.302 e. The molecule has 1 nitrogen and oxygen atoms in total. The van der Waals surface area contributed by atoms with Crippen molar-refractivity contribution in [3.63, 3.8) is 0 Å². The first-order chi connectivity index (χ1) is 10.0. The second-order valence-corrected chi connectivity index (χ2v) is 6.92. The molecule has 1 fully saturated rings. The van der Waals surface area contributed by atoms with Crippen LogP contribution in [0.4, 0.5) is 0 Å². The molecule has 0 unspecified atom stereocenters. The molecule has 0 amide bonds. The highest BCUT2D eigenvalue weighted by atomic mass is 15.2. The molecule has 0 radical (unpaired) electrons. The predicted octanol–water partition coefficient (Wildman–Crippen LogP) is 3.34. The van der Waals surface area contributed by atoms with Gasteiger partial charge in [-0.15, -0.1) is 6.58 Å². The Morgan fingerprint density at radius 2 is 1.86 bits per heavy atom. The molecule has 1 aromatic carbocycles. The van der Waals surface area contributed by atoms with Gasteiger partial charge in [0.25, 0.3) is 0 Å². The summed E-state index contributed by atoms with van der Waals surface area (Å²) < 4.78 is 0. The van der Waals surface area contributed by atoms with E-state index in [4.69, 9.17) is 0 Å². The molecule has 1 heterocycles. The first-order valence-electron chi connectivity index (χ1n) is 8.46. The zero-order chi connectivity index (χ0) is 15.4. The molecular weight excluding hydrogens is 253 g/mol. The molecule has 1 aromatic rings. The first-order valence-corrected chi connectivity index (χ1v) is 8.46. The molecule has 114 valence electrons. The third-order valence-corrected chi connectivity index (χ3v) is 4.93. The van der Waals surface area contributed by atoms with Crippen molar-refractivity contribution in [2.45, 2.75) is 46.4 Å². The van der Waals surface area contributed by atoms with Crippen LogP contribution in [0.3, 0.4) is 0 Å². The van der Waals surface area contributed by atoms with Gasteiger partial charge in [-0.25, -0.2) is 0 Å². The van der Waals surface area contributed by atoms with E-state index in [1.165, 1.54) is 61.1 Å². The summed E-state index contributed by atoms with van der Waals surface area (Å²) in [6.45, 7) is 14.4. The normalized spacial score (nSPS) is 16.0. The lowest BCUT2D eigenvalue weighted by Crippen LogP contribution is -2.47. The second kappa shape index (κ2) is 7.31. The van der Waals surface area contributed by atoms with Crippen molar-refractivity contribution in [1.29, 1.82) is 0 Å². The van der Waals surface area contributed by atoms with Crippen molar-refractivity contribution in [1.82, 2.24) is 4.90 Å². The molecule has 1 aliphatic heterocycles. The lowest BCUT2D eigenvalue weighted by atomic mass is 9.86. The van der Waals surface area contributed by atoms with Crippen LogP contribution >= 0.6 is 0 Å². The van der Waals surface area contributed by atoms with E-state index in [0.717, 1.165) is 12.3 Å². The summed E-state index contributed by atoms with van der Waals surface area (Å²) in [4.78, 5) is 2.56. The van der Waals surface area contributed by atoms with Crippen molar-refractivity contribution < 1.29 is 0 Å². The van der Waals surface area contributed by atoms with E-state index in [-0.39, 0.29) is 0 Å². The van der Waals surface area contributed by atoms with Gasteiger partial charge in [-0.2, -0.15) is 0 Å². The number of likely N-dealkylation sites (tertiary alicyclic amines) is 1. The molecule has 0 spiro atoms. The Morgan fingerprint density at radius 3 is 2.48 bits per heavy atom. The van der Waals surface area contributed by atoms with Crippen molar-refractivity contribution in [2.24, 2.45) is 5.92 Å². The van der Waals surface area contributed by atoms with Crippen LogP contribution in [0.25, 0.3) is 0 Å². The Bertz CT molecular complexity index is 501. The third-order valence-electron chi connectivity index (χ3n) is 4.93. The largest absolute Gasteiger partial charge is 0.302 e. The minimum atomic E-state index is 0.852. The molecule has 0 bridgehead atoms. The van der Waals surface area contributed by atoms with Crippen molar-refractivity contribution in [2.75, 3.05) is 19.6 Å². The maximum Gasteiger partial charge on any atom is 0.101 e. The van der Waals surface area contributed by atoms with E-state index in [9.17, 15) is 0 Å². The maximum atomic E-state index is 3.99. The lowest BCUT2D eigenvalue weighted by Gasteiger charge is -2.40.